The number of nitrogens with one attached hydrogen (secondary N) is 1. The number of likely N-dealkylation sites (N-methyl/N-ethyl adjacent to an activating group) is 1. The first-order valence-electron chi connectivity index (χ1n) is 9.07. The van der Waals surface area contributed by atoms with Crippen LogP contribution in [0.5, 0.6) is 11.5 Å². The van der Waals surface area contributed by atoms with Gasteiger partial charge in [0.15, 0.2) is 6.61 Å². The monoisotopic (exact) mass is 397 g/mol. The largest absolute Gasteiger partial charge is 0.497 e. The zero-order valence-electron chi connectivity index (χ0n) is 16.6. The van der Waals surface area contributed by atoms with Crippen molar-refractivity contribution < 1.29 is 23.9 Å². The zero-order chi connectivity index (χ0) is 21.0. The first-order chi connectivity index (χ1) is 13.9. The van der Waals surface area contributed by atoms with Crippen LogP contribution in [0.25, 0.3) is 0 Å². The molecule has 3 amide bonds. The van der Waals surface area contributed by atoms with E-state index in [1.165, 1.54) is 9.80 Å². The fourth-order valence-corrected chi connectivity index (χ4v) is 2.82. The Balaban J connectivity index is 1.75. The molecule has 1 N–H and O–H groups in total. The molecule has 1 aliphatic heterocycles. The normalized spacial score (nSPS) is 12.7. The number of anilines is 1. The highest BCUT2D eigenvalue weighted by molar-refractivity contribution is 6.04. The minimum absolute atomic E-state index is 0.112. The number of carbonyl (C=O) groups is 3. The molecule has 1 heterocycles. The number of benzene rings is 2. The summed E-state index contributed by atoms with van der Waals surface area (Å²) in [6.07, 6.45) is 0. The molecule has 29 heavy (non-hydrogen) atoms. The molecular formula is C21H23N3O5. The van der Waals surface area contributed by atoms with Gasteiger partial charge >= 0.3 is 0 Å². The van der Waals surface area contributed by atoms with Gasteiger partial charge in [-0.15, -0.1) is 0 Å². The van der Waals surface area contributed by atoms with Crippen molar-refractivity contribution in [3.63, 3.8) is 0 Å². The third-order valence-corrected chi connectivity index (χ3v) is 4.57. The average molecular weight is 397 g/mol. The van der Waals surface area contributed by atoms with Crippen LogP contribution in [0.4, 0.5) is 5.69 Å². The molecule has 0 unspecified atom stereocenters. The van der Waals surface area contributed by atoms with Crippen LogP contribution in [0.3, 0.4) is 0 Å². The summed E-state index contributed by atoms with van der Waals surface area (Å²) in [6.45, 7) is 0.0913. The lowest BCUT2D eigenvalue weighted by molar-refractivity contribution is -0.130. The van der Waals surface area contributed by atoms with Gasteiger partial charge in [-0.1, -0.05) is 12.1 Å². The summed E-state index contributed by atoms with van der Waals surface area (Å²) in [6, 6.07) is 12.2. The molecule has 0 aliphatic carbocycles. The molecule has 0 atom stereocenters. The van der Waals surface area contributed by atoms with Crippen molar-refractivity contribution in [1.29, 1.82) is 0 Å². The molecule has 152 valence electrons. The third-order valence-electron chi connectivity index (χ3n) is 4.57. The van der Waals surface area contributed by atoms with Crippen molar-refractivity contribution >= 4 is 23.4 Å². The molecule has 0 fully saturated rings. The van der Waals surface area contributed by atoms with Crippen LogP contribution in [0.1, 0.15) is 15.9 Å². The SMILES string of the molecule is COc1ccc(CNC(=O)c2ccc3c(c2)N(CC(=O)N(C)C)C(=O)CO3)cc1. The second-order valence-electron chi connectivity index (χ2n) is 6.77. The smallest absolute Gasteiger partial charge is 0.265 e. The van der Waals surface area contributed by atoms with Gasteiger partial charge in [-0.05, 0) is 35.9 Å². The minimum atomic E-state index is -0.330. The fourth-order valence-electron chi connectivity index (χ4n) is 2.82. The summed E-state index contributed by atoms with van der Waals surface area (Å²) in [7, 11) is 4.84. The molecule has 0 saturated heterocycles. The molecule has 3 rings (SSSR count). The van der Waals surface area contributed by atoms with Gasteiger partial charge in [-0.2, -0.15) is 0 Å². The van der Waals surface area contributed by atoms with Crippen LogP contribution >= 0.6 is 0 Å². The third kappa shape index (κ3) is 4.66. The topological polar surface area (TPSA) is 88.2 Å². The number of carbonyl (C=O) groups excluding carboxylic acids is 3. The predicted molar refractivity (Wildman–Crippen MR) is 107 cm³/mol. The summed E-state index contributed by atoms with van der Waals surface area (Å²) in [5.41, 5.74) is 1.71. The van der Waals surface area contributed by atoms with Crippen molar-refractivity contribution in [2.75, 3.05) is 39.3 Å². The molecule has 8 nitrogen and oxygen atoms in total. The molecule has 8 heteroatoms. The molecular weight excluding hydrogens is 374 g/mol. The molecule has 2 aromatic rings. The van der Waals surface area contributed by atoms with Crippen LogP contribution in [-0.4, -0.2) is 57.0 Å². The Labute approximate surface area is 169 Å². The highest BCUT2D eigenvalue weighted by atomic mass is 16.5. The van der Waals surface area contributed by atoms with E-state index in [0.717, 1.165) is 11.3 Å². The first kappa shape index (κ1) is 20.2. The number of nitrogens with zero attached hydrogens (tertiary/aromatic N) is 2. The van der Waals surface area contributed by atoms with Crippen LogP contribution in [-0.2, 0) is 16.1 Å². The van der Waals surface area contributed by atoms with Gasteiger partial charge in [0, 0.05) is 26.2 Å². The number of methoxy groups -OCH3 is 1. The van der Waals surface area contributed by atoms with Crippen molar-refractivity contribution in [2.45, 2.75) is 6.54 Å². The second-order valence-corrected chi connectivity index (χ2v) is 6.77. The lowest BCUT2D eigenvalue weighted by atomic mass is 10.1. The van der Waals surface area contributed by atoms with Crippen molar-refractivity contribution in [2.24, 2.45) is 0 Å². The Bertz CT molecular complexity index is 924. The molecule has 0 spiro atoms. The molecule has 0 radical (unpaired) electrons. The zero-order valence-corrected chi connectivity index (χ0v) is 16.6. The Morgan fingerprint density at radius 1 is 1.17 bits per heavy atom. The van der Waals surface area contributed by atoms with Gasteiger partial charge < -0.3 is 19.7 Å². The Morgan fingerprint density at radius 3 is 2.55 bits per heavy atom. The molecule has 0 bridgehead atoms. The molecule has 0 aromatic heterocycles. The van der Waals surface area contributed by atoms with Gasteiger partial charge in [0.1, 0.15) is 18.0 Å². The van der Waals surface area contributed by atoms with Crippen molar-refractivity contribution in [3.8, 4) is 11.5 Å². The molecule has 2 aromatic carbocycles. The van der Waals surface area contributed by atoms with Gasteiger partial charge in [-0.25, -0.2) is 0 Å². The average Bonchev–Trinajstić information content (AvgIpc) is 2.73. The van der Waals surface area contributed by atoms with E-state index in [0.29, 0.717) is 23.5 Å². The number of ether oxygens (including phenoxy) is 2. The van der Waals surface area contributed by atoms with Gasteiger partial charge in [0.2, 0.25) is 5.91 Å². The van der Waals surface area contributed by atoms with Crippen LogP contribution < -0.4 is 19.7 Å². The van der Waals surface area contributed by atoms with E-state index in [1.54, 1.807) is 39.4 Å². The number of fused-ring (bicyclic) bond motifs is 1. The van der Waals surface area contributed by atoms with E-state index < -0.39 is 0 Å². The maximum Gasteiger partial charge on any atom is 0.265 e. The standard InChI is InChI=1S/C21H23N3O5/c1-23(2)19(25)12-24-17-10-15(6-9-18(17)29-13-20(24)26)21(27)22-11-14-4-7-16(28-3)8-5-14/h4-10H,11-13H2,1-3H3,(H,22,27). The summed E-state index contributed by atoms with van der Waals surface area (Å²) in [4.78, 5) is 39.7. The van der Waals surface area contributed by atoms with Gasteiger partial charge in [-0.3, -0.25) is 19.3 Å². The van der Waals surface area contributed by atoms with Crippen LogP contribution in [0.2, 0.25) is 0 Å². The Morgan fingerprint density at radius 2 is 1.90 bits per heavy atom. The number of hydrogen-bond donors (Lipinski definition) is 1. The molecule has 0 saturated carbocycles. The lowest BCUT2D eigenvalue weighted by Crippen LogP contribution is -2.45. The van der Waals surface area contributed by atoms with Crippen molar-refractivity contribution in [1.82, 2.24) is 10.2 Å². The van der Waals surface area contributed by atoms with E-state index in [4.69, 9.17) is 9.47 Å². The molecule has 1 aliphatic rings. The Hall–Kier alpha value is -3.55. The fraction of sp³-hybridized carbons (Fsp3) is 0.286. The van der Waals surface area contributed by atoms with Crippen molar-refractivity contribution in [3.05, 3.63) is 53.6 Å². The quantitative estimate of drug-likeness (QED) is 0.797. The number of hydrogen-bond acceptors (Lipinski definition) is 5. The van der Waals surface area contributed by atoms with Crippen LogP contribution in [0.15, 0.2) is 42.5 Å². The van der Waals surface area contributed by atoms with E-state index in [2.05, 4.69) is 5.32 Å². The minimum Gasteiger partial charge on any atom is -0.497 e. The predicted octanol–water partition coefficient (Wildman–Crippen LogP) is 1.44. The summed E-state index contributed by atoms with van der Waals surface area (Å²) in [5.74, 6) is 0.360. The van der Waals surface area contributed by atoms with E-state index in [1.807, 2.05) is 24.3 Å². The summed E-state index contributed by atoms with van der Waals surface area (Å²) in [5, 5.41) is 2.85. The van der Waals surface area contributed by atoms with Gasteiger partial charge in [0.25, 0.3) is 11.8 Å². The highest BCUT2D eigenvalue weighted by Gasteiger charge is 2.28. The Kier molecular flexibility index (Phi) is 6.01. The summed E-state index contributed by atoms with van der Waals surface area (Å²) < 4.78 is 10.6. The maximum absolute atomic E-state index is 12.6. The number of amides is 3. The number of rotatable bonds is 6. The van der Waals surface area contributed by atoms with Crippen LogP contribution in [0, 0.1) is 0 Å². The first-order valence-corrected chi connectivity index (χ1v) is 9.07. The van der Waals surface area contributed by atoms with E-state index in [9.17, 15) is 14.4 Å². The van der Waals surface area contributed by atoms with Gasteiger partial charge in [0.05, 0.1) is 12.8 Å². The summed E-state index contributed by atoms with van der Waals surface area (Å²) >= 11 is 0. The van der Waals surface area contributed by atoms with E-state index >= 15 is 0 Å². The lowest BCUT2D eigenvalue weighted by Gasteiger charge is -2.30. The second kappa shape index (κ2) is 8.64. The maximum atomic E-state index is 12.6. The highest BCUT2D eigenvalue weighted by Crippen LogP contribution is 2.33. The van der Waals surface area contributed by atoms with E-state index in [-0.39, 0.29) is 30.9 Å².